The highest BCUT2D eigenvalue weighted by Crippen LogP contribution is 2.31. The van der Waals surface area contributed by atoms with E-state index in [1.54, 1.807) is 23.1 Å². The van der Waals surface area contributed by atoms with Crippen molar-refractivity contribution in [1.82, 2.24) is 24.6 Å². The molecule has 1 unspecified atom stereocenters. The van der Waals surface area contributed by atoms with E-state index in [4.69, 9.17) is 0 Å². The van der Waals surface area contributed by atoms with Gasteiger partial charge < -0.3 is 9.88 Å². The van der Waals surface area contributed by atoms with Crippen molar-refractivity contribution >= 4 is 5.91 Å². The van der Waals surface area contributed by atoms with Crippen LogP contribution in [0.5, 0.6) is 0 Å². The van der Waals surface area contributed by atoms with Crippen molar-refractivity contribution in [2.75, 3.05) is 6.54 Å². The van der Waals surface area contributed by atoms with Gasteiger partial charge in [-0.3, -0.25) is 9.48 Å². The maximum Gasteiger partial charge on any atom is 0.274 e. The second kappa shape index (κ2) is 4.53. The molecule has 3 heterocycles. The Morgan fingerprint density at radius 2 is 2.37 bits per heavy atom. The highest BCUT2D eigenvalue weighted by molar-refractivity contribution is 5.92. The first-order valence-electron chi connectivity index (χ1n) is 6.47. The zero-order valence-electron chi connectivity index (χ0n) is 11.1. The number of hydrogen-bond donors (Lipinski definition) is 1. The molecular formula is C13H17N5O. The summed E-state index contributed by atoms with van der Waals surface area (Å²) in [6.07, 6.45) is 5.54. The molecule has 6 nitrogen and oxygen atoms in total. The lowest BCUT2D eigenvalue weighted by atomic mass is 10.2. The summed E-state index contributed by atoms with van der Waals surface area (Å²) in [5, 5.41) is 4.18. The number of aromatic nitrogens is 4. The summed E-state index contributed by atoms with van der Waals surface area (Å²) in [5.41, 5.74) is 1.52. The predicted octanol–water partition coefficient (Wildman–Crippen LogP) is 1.43. The molecule has 1 amide bonds. The van der Waals surface area contributed by atoms with E-state index in [2.05, 4.69) is 15.1 Å². The van der Waals surface area contributed by atoms with Crippen LogP contribution in [-0.4, -0.2) is 37.1 Å². The summed E-state index contributed by atoms with van der Waals surface area (Å²) >= 11 is 0. The molecule has 2 aromatic heterocycles. The zero-order chi connectivity index (χ0) is 13.4. The second-order valence-corrected chi connectivity index (χ2v) is 4.98. The third-order valence-electron chi connectivity index (χ3n) is 3.48. The highest BCUT2D eigenvalue weighted by Gasteiger charge is 2.33. The first-order valence-corrected chi connectivity index (χ1v) is 6.47. The molecule has 1 fully saturated rings. The fourth-order valence-corrected chi connectivity index (χ4v) is 2.57. The average Bonchev–Trinajstić information content (AvgIpc) is 3.07. The molecule has 3 rings (SSSR count). The van der Waals surface area contributed by atoms with Gasteiger partial charge >= 0.3 is 0 Å². The minimum Gasteiger partial charge on any atom is -0.344 e. The molecule has 6 heteroatoms. The number of aromatic amines is 1. The van der Waals surface area contributed by atoms with Gasteiger partial charge in [0.15, 0.2) is 0 Å². The SMILES string of the molecule is Cc1cnc(C2CCCN2C(=O)c2ccn(C)n2)[nH]1. The lowest BCUT2D eigenvalue weighted by Gasteiger charge is -2.22. The lowest BCUT2D eigenvalue weighted by Crippen LogP contribution is -2.31. The Hall–Kier alpha value is -2.11. The van der Waals surface area contributed by atoms with Crippen molar-refractivity contribution in [3.63, 3.8) is 0 Å². The van der Waals surface area contributed by atoms with Crippen molar-refractivity contribution < 1.29 is 4.79 Å². The van der Waals surface area contributed by atoms with Crippen molar-refractivity contribution in [2.24, 2.45) is 7.05 Å². The monoisotopic (exact) mass is 259 g/mol. The molecule has 1 aliphatic heterocycles. The van der Waals surface area contributed by atoms with Crippen LogP contribution < -0.4 is 0 Å². The fraction of sp³-hybridized carbons (Fsp3) is 0.462. The number of nitrogens with zero attached hydrogens (tertiary/aromatic N) is 4. The molecule has 0 radical (unpaired) electrons. The molecular weight excluding hydrogens is 242 g/mol. The van der Waals surface area contributed by atoms with Crippen LogP contribution in [0.25, 0.3) is 0 Å². The van der Waals surface area contributed by atoms with Gasteiger partial charge in [-0.2, -0.15) is 5.10 Å². The van der Waals surface area contributed by atoms with E-state index >= 15 is 0 Å². The maximum absolute atomic E-state index is 12.5. The molecule has 0 saturated carbocycles. The first-order chi connectivity index (χ1) is 9.15. The Balaban J connectivity index is 1.85. The summed E-state index contributed by atoms with van der Waals surface area (Å²) in [7, 11) is 1.81. The third kappa shape index (κ3) is 2.14. The third-order valence-corrected chi connectivity index (χ3v) is 3.48. The van der Waals surface area contributed by atoms with E-state index in [0.717, 1.165) is 30.9 Å². The molecule has 0 bridgehead atoms. The van der Waals surface area contributed by atoms with E-state index in [0.29, 0.717) is 5.69 Å². The summed E-state index contributed by atoms with van der Waals surface area (Å²) in [5.74, 6) is 0.858. The molecule has 2 aromatic rings. The number of amides is 1. The standard InChI is InChI=1S/C13H17N5O/c1-9-8-14-12(15-9)11-4-3-6-18(11)13(19)10-5-7-17(2)16-10/h5,7-8,11H,3-4,6H2,1-2H3,(H,14,15). The fourth-order valence-electron chi connectivity index (χ4n) is 2.57. The number of likely N-dealkylation sites (tertiary alicyclic amines) is 1. The van der Waals surface area contributed by atoms with Gasteiger partial charge in [0.2, 0.25) is 0 Å². The second-order valence-electron chi connectivity index (χ2n) is 4.98. The summed E-state index contributed by atoms with van der Waals surface area (Å²) in [4.78, 5) is 21.9. The molecule has 19 heavy (non-hydrogen) atoms. The van der Waals surface area contributed by atoms with Crippen molar-refractivity contribution in [3.8, 4) is 0 Å². The van der Waals surface area contributed by atoms with Crippen LogP contribution in [0.2, 0.25) is 0 Å². The molecule has 1 N–H and O–H groups in total. The molecule has 1 aliphatic rings. The van der Waals surface area contributed by atoms with E-state index in [9.17, 15) is 4.79 Å². The van der Waals surface area contributed by atoms with Crippen LogP contribution in [-0.2, 0) is 7.05 Å². The minimum absolute atomic E-state index is 0.0165. The number of H-pyrrole nitrogens is 1. The Kier molecular flexibility index (Phi) is 2.85. The van der Waals surface area contributed by atoms with Gasteiger partial charge in [0.1, 0.15) is 11.5 Å². The smallest absolute Gasteiger partial charge is 0.274 e. The van der Waals surface area contributed by atoms with Gasteiger partial charge in [-0.1, -0.05) is 0 Å². The highest BCUT2D eigenvalue weighted by atomic mass is 16.2. The van der Waals surface area contributed by atoms with Gasteiger partial charge in [-0.05, 0) is 25.8 Å². The summed E-state index contributed by atoms with van der Waals surface area (Å²) < 4.78 is 1.65. The molecule has 100 valence electrons. The van der Waals surface area contributed by atoms with E-state index in [-0.39, 0.29) is 11.9 Å². The number of aryl methyl sites for hydroxylation is 2. The van der Waals surface area contributed by atoms with Crippen LogP contribution in [0.3, 0.4) is 0 Å². The number of nitrogens with one attached hydrogen (secondary N) is 1. The zero-order valence-corrected chi connectivity index (χ0v) is 11.1. The minimum atomic E-state index is -0.0165. The normalized spacial score (nSPS) is 19.1. The lowest BCUT2D eigenvalue weighted by molar-refractivity contribution is 0.0723. The van der Waals surface area contributed by atoms with E-state index in [1.165, 1.54) is 0 Å². The summed E-state index contributed by atoms with van der Waals surface area (Å²) in [6.45, 7) is 2.73. The Morgan fingerprint density at radius 3 is 3.00 bits per heavy atom. The molecule has 0 aromatic carbocycles. The Bertz CT molecular complexity index is 600. The molecule has 1 atom stereocenters. The quantitative estimate of drug-likeness (QED) is 0.887. The molecule has 0 spiro atoms. The first kappa shape index (κ1) is 12.0. The summed E-state index contributed by atoms with van der Waals surface area (Å²) in [6, 6.07) is 1.80. The van der Waals surface area contributed by atoms with Gasteiger partial charge in [0.05, 0.1) is 6.04 Å². The maximum atomic E-state index is 12.5. The largest absolute Gasteiger partial charge is 0.344 e. The van der Waals surface area contributed by atoms with E-state index in [1.807, 2.05) is 18.9 Å². The Labute approximate surface area is 111 Å². The van der Waals surface area contributed by atoms with Gasteiger partial charge in [0.25, 0.3) is 5.91 Å². The van der Waals surface area contributed by atoms with Crippen molar-refractivity contribution in [3.05, 3.63) is 35.7 Å². The predicted molar refractivity (Wildman–Crippen MR) is 69.5 cm³/mol. The van der Waals surface area contributed by atoms with Crippen LogP contribution in [0.1, 0.15) is 40.9 Å². The average molecular weight is 259 g/mol. The van der Waals surface area contributed by atoms with Gasteiger partial charge in [-0.25, -0.2) is 4.98 Å². The number of carbonyl (C=O) groups is 1. The van der Waals surface area contributed by atoms with E-state index < -0.39 is 0 Å². The van der Waals surface area contributed by atoms with Crippen LogP contribution >= 0.6 is 0 Å². The number of rotatable bonds is 2. The number of hydrogen-bond acceptors (Lipinski definition) is 3. The van der Waals surface area contributed by atoms with Crippen LogP contribution in [0.4, 0.5) is 0 Å². The van der Waals surface area contributed by atoms with Crippen LogP contribution in [0, 0.1) is 6.92 Å². The topological polar surface area (TPSA) is 66.8 Å². The van der Waals surface area contributed by atoms with Crippen LogP contribution in [0.15, 0.2) is 18.5 Å². The number of carbonyl (C=O) groups excluding carboxylic acids is 1. The van der Waals surface area contributed by atoms with Gasteiger partial charge in [0, 0.05) is 31.7 Å². The molecule has 0 aliphatic carbocycles. The van der Waals surface area contributed by atoms with Crippen molar-refractivity contribution in [1.29, 1.82) is 0 Å². The Morgan fingerprint density at radius 1 is 1.53 bits per heavy atom. The van der Waals surface area contributed by atoms with Crippen molar-refractivity contribution in [2.45, 2.75) is 25.8 Å². The number of imidazole rings is 1. The molecule has 1 saturated heterocycles. The van der Waals surface area contributed by atoms with Gasteiger partial charge in [-0.15, -0.1) is 0 Å².